The zero-order valence-corrected chi connectivity index (χ0v) is 15.1. The van der Waals surface area contributed by atoms with Crippen LogP contribution in [0.5, 0.6) is 0 Å². The number of imidazole rings is 1. The fraction of sp³-hybridized carbons (Fsp3) is 0.500. The average molecular weight is 388 g/mol. The Kier molecular flexibility index (Phi) is 5.60. The first kappa shape index (κ1) is 19.2. The molecule has 0 unspecified atom stereocenters. The van der Waals surface area contributed by atoms with E-state index in [2.05, 4.69) is 4.98 Å². The Morgan fingerprint density at radius 2 is 2.19 bits per heavy atom. The van der Waals surface area contributed by atoms with E-state index in [1.54, 1.807) is 22.8 Å². The van der Waals surface area contributed by atoms with E-state index in [0.29, 0.717) is 36.9 Å². The molecule has 0 saturated carbocycles. The van der Waals surface area contributed by atoms with Gasteiger partial charge >= 0.3 is 6.18 Å². The molecule has 1 N–H and O–H groups in total. The first-order valence-electron chi connectivity index (χ1n) is 8.47. The minimum Gasteiger partial charge on any atom is -0.387 e. The molecular formula is C18H21ClF3N3O. The molecule has 1 aliphatic heterocycles. The normalized spacial score (nSPS) is 18.8. The Hall–Kier alpha value is -1.57. The van der Waals surface area contributed by atoms with Crippen molar-refractivity contribution in [3.05, 3.63) is 52.6 Å². The van der Waals surface area contributed by atoms with Gasteiger partial charge in [0.1, 0.15) is 5.82 Å². The first-order chi connectivity index (χ1) is 12.2. The zero-order valence-electron chi connectivity index (χ0n) is 14.4. The van der Waals surface area contributed by atoms with Crippen molar-refractivity contribution in [1.29, 1.82) is 0 Å². The van der Waals surface area contributed by atoms with Gasteiger partial charge in [-0.05, 0) is 37.1 Å². The Bertz CT molecular complexity index is 762. The molecule has 0 aliphatic carbocycles. The molecule has 2 heterocycles. The lowest BCUT2D eigenvalue weighted by molar-refractivity contribution is -0.141. The van der Waals surface area contributed by atoms with Gasteiger partial charge in [-0.25, -0.2) is 4.98 Å². The van der Waals surface area contributed by atoms with Gasteiger partial charge in [0.15, 0.2) is 5.69 Å². The number of aliphatic hydroxyl groups excluding tert-OH is 1. The fourth-order valence-electron chi connectivity index (χ4n) is 3.43. The van der Waals surface area contributed by atoms with Crippen molar-refractivity contribution in [2.75, 3.05) is 20.1 Å². The third-order valence-corrected chi connectivity index (χ3v) is 4.90. The Morgan fingerprint density at radius 1 is 1.42 bits per heavy atom. The van der Waals surface area contributed by atoms with Gasteiger partial charge in [0, 0.05) is 37.3 Å². The van der Waals surface area contributed by atoms with E-state index in [9.17, 15) is 18.3 Å². The summed E-state index contributed by atoms with van der Waals surface area (Å²) < 4.78 is 40.0. The summed E-state index contributed by atoms with van der Waals surface area (Å²) in [5, 5.41) is 10.9. The first-order valence-corrected chi connectivity index (χ1v) is 8.85. The maximum absolute atomic E-state index is 12.8. The third kappa shape index (κ3) is 4.58. The number of aryl methyl sites for hydroxylation is 1. The molecule has 0 saturated heterocycles. The topological polar surface area (TPSA) is 41.3 Å². The number of halogens is 4. The molecular weight excluding hydrogens is 367 g/mol. The number of rotatable bonds is 5. The highest BCUT2D eigenvalue weighted by molar-refractivity contribution is 6.30. The van der Waals surface area contributed by atoms with Crippen LogP contribution < -0.4 is 0 Å². The van der Waals surface area contributed by atoms with Crippen LogP contribution in [-0.4, -0.2) is 39.7 Å². The maximum Gasteiger partial charge on any atom is 0.434 e. The molecule has 1 aromatic heterocycles. The molecule has 0 radical (unpaired) electrons. The second-order valence-electron chi connectivity index (χ2n) is 6.89. The summed E-state index contributed by atoms with van der Waals surface area (Å²) in [6.45, 7) is 1.63. The van der Waals surface area contributed by atoms with Gasteiger partial charge in [0.05, 0.1) is 6.10 Å². The fourth-order valence-corrected chi connectivity index (χ4v) is 3.63. The summed E-state index contributed by atoms with van der Waals surface area (Å²) in [6, 6.07) is 7.10. The van der Waals surface area contributed by atoms with Crippen molar-refractivity contribution in [2.45, 2.75) is 31.7 Å². The van der Waals surface area contributed by atoms with E-state index in [4.69, 9.17) is 11.6 Å². The van der Waals surface area contributed by atoms with Gasteiger partial charge in [-0.2, -0.15) is 13.2 Å². The van der Waals surface area contributed by atoms with Crippen LogP contribution in [0.15, 0.2) is 30.5 Å². The summed E-state index contributed by atoms with van der Waals surface area (Å²) in [7, 11) is 1.90. The van der Waals surface area contributed by atoms with E-state index < -0.39 is 18.0 Å². The number of benzene rings is 1. The van der Waals surface area contributed by atoms with Crippen molar-refractivity contribution in [3.63, 3.8) is 0 Å². The molecule has 26 heavy (non-hydrogen) atoms. The van der Waals surface area contributed by atoms with Crippen LogP contribution in [0, 0.1) is 5.92 Å². The Morgan fingerprint density at radius 3 is 2.88 bits per heavy atom. The second kappa shape index (κ2) is 7.58. The van der Waals surface area contributed by atoms with E-state index in [0.717, 1.165) is 18.2 Å². The Balaban J connectivity index is 1.57. The molecule has 4 nitrogen and oxygen atoms in total. The number of aromatic nitrogens is 2. The van der Waals surface area contributed by atoms with Crippen LogP contribution in [0.2, 0.25) is 5.02 Å². The van der Waals surface area contributed by atoms with E-state index >= 15 is 0 Å². The number of alkyl halides is 3. The zero-order chi connectivity index (χ0) is 18.9. The number of hydrogen-bond donors (Lipinski definition) is 1. The van der Waals surface area contributed by atoms with Crippen LogP contribution in [0.1, 0.15) is 29.6 Å². The number of aliphatic hydroxyl groups is 1. The molecule has 0 amide bonds. The summed E-state index contributed by atoms with van der Waals surface area (Å²) in [5.41, 5.74) is -0.0717. The summed E-state index contributed by atoms with van der Waals surface area (Å²) in [6.07, 6.45) is -2.65. The number of hydrogen-bond acceptors (Lipinski definition) is 3. The minimum atomic E-state index is -4.41. The lowest BCUT2D eigenvalue weighted by Gasteiger charge is -2.29. The van der Waals surface area contributed by atoms with Gasteiger partial charge in [-0.1, -0.05) is 23.7 Å². The van der Waals surface area contributed by atoms with E-state index in [1.165, 1.54) is 0 Å². The third-order valence-electron chi connectivity index (χ3n) is 4.67. The molecule has 0 spiro atoms. The van der Waals surface area contributed by atoms with Gasteiger partial charge in [-0.3, -0.25) is 0 Å². The molecule has 2 aromatic rings. The summed E-state index contributed by atoms with van der Waals surface area (Å²) >= 11 is 5.95. The molecule has 3 rings (SSSR count). The molecule has 0 fully saturated rings. The highest BCUT2D eigenvalue weighted by atomic mass is 35.5. The van der Waals surface area contributed by atoms with Gasteiger partial charge in [-0.15, -0.1) is 0 Å². The number of nitrogens with zero attached hydrogens (tertiary/aromatic N) is 3. The molecule has 0 bridgehead atoms. The molecule has 1 aliphatic rings. The molecule has 8 heteroatoms. The smallest absolute Gasteiger partial charge is 0.387 e. The lowest BCUT2D eigenvalue weighted by atomic mass is 9.98. The monoisotopic (exact) mass is 387 g/mol. The quantitative estimate of drug-likeness (QED) is 0.848. The average Bonchev–Trinajstić information content (AvgIpc) is 2.98. The highest BCUT2D eigenvalue weighted by Gasteiger charge is 2.35. The SMILES string of the molecule is CN(C[C@H]1CCc2nc(C(F)(F)F)cn2C1)C[C@H](O)c1cccc(Cl)c1. The highest BCUT2D eigenvalue weighted by Crippen LogP contribution is 2.31. The van der Waals surface area contributed by atoms with Crippen molar-refractivity contribution in [3.8, 4) is 0 Å². The standard InChI is InChI=1S/C18H21ClF3N3O/c1-24(10-15(26)13-3-2-4-14(19)7-13)8-12-5-6-17-23-16(18(20,21)22)11-25(17)9-12/h2-4,7,11-12,15,26H,5-6,8-10H2,1H3/t12-,15+/m1/s1. The minimum absolute atomic E-state index is 0.217. The van der Waals surface area contributed by atoms with Crippen LogP contribution >= 0.6 is 11.6 Å². The predicted molar refractivity (Wildman–Crippen MR) is 92.9 cm³/mol. The summed E-state index contributed by atoms with van der Waals surface area (Å²) in [4.78, 5) is 5.71. The van der Waals surface area contributed by atoms with Crippen molar-refractivity contribution >= 4 is 11.6 Å². The molecule has 1 aromatic carbocycles. The summed E-state index contributed by atoms with van der Waals surface area (Å²) in [5.74, 6) is 0.713. The van der Waals surface area contributed by atoms with Crippen LogP contribution in [-0.2, 0) is 19.1 Å². The van der Waals surface area contributed by atoms with Gasteiger partial charge in [0.2, 0.25) is 0 Å². The van der Waals surface area contributed by atoms with Gasteiger partial charge in [0.25, 0.3) is 0 Å². The lowest BCUT2D eigenvalue weighted by Crippen LogP contribution is -2.33. The maximum atomic E-state index is 12.8. The molecule has 2 atom stereocenters. The Labute approximate surface area is 155 Å². The van der Waals surface area contributed by atoms with Crippen molar-refractivity contribution in [2.24, 2.45) is 5.92 Å². The van der Waals surface area contributed by atoms with Crippen molar-refractivity contribution < 1.29 is 18.3 Å². The van der Waals surface area contributed by atoms with E-state index in [-0.39, 0.29) is 5.92 Å². The van der Waals surface area contributed by atoms with Gasteiger partial charge < -0.3 is 14.6 Å². The number of fused-ring (bicyclic) bond motifs is 1. The van der Waals surface area contributed by atoms with Crippen LogP contribution in [0.25, 0.3) is 0 Å². The largest absolute Gasteiger partial charge is 0.434 e. The number of likely N-dealkylation sites (N-methyl/N-ethyl adjacent to an activating group) is 1. The van der Waals surface area contributed by atoms with Crippen molar-refractivity contribution in [1.82, 2.24) is 14.5 Å². The predicted octanol–water partition coefficient (Wildman–Crippen LogP) is 3.78. The van der Waals surface area contributed by atoms with Crippen LogP contribution in [0.4, 0.5) is 13.2 Å². The van der Waals surface area contributed by atoms with Crippen LogP contribution in [0.3, 0.4) is 0 Å². The van der Waals surface area contributed by atoms with E-state index in [1.807, 2.05) is 18.0 Å². The second-order valence-corrected chi connectivity index (χ2v) is 7.33. The molecule has 142 valence electrons.